The number of aliphatic carboxylic acids is 1. The Labute approximate surface area is 184 Å². The zero-order valence-corrected chi connectivity index (χ0v) is 18.1. The van der Waals surface area contributed by atoms with Crippen LogP contribution in [0, 0.1) is 0 Å². The molecule has 0 bridgehead atoms. The third kappa shape index (κ3) is 6.46. The number of carbonyl (C=O) groups excluding carboxylic acids is 3. The quantitative estimate of drug-likeness (QED) is 0.243. The number of carboxylic acid groups (broad SMARTS) is 1. The summed E-state index contributed by atoms with van der Waals surface area (Å²) in [5.41, 5.74) is 7.16. The van der Waals surface area contributed by atoms with Crippen molar-refractivity contribution in [1.29, 1.82) is 0 Å². The van der Waals surface area contributed by atoms with Gasteiger partial charge in [0, 0.05) is 29.3 Å². The summed E-state index contributed by atoms with van der Waals surface area (Å²) < 4.78 is 0. The number of rotatable bonds is 10. The third-order valence-corrected chi connectivity index (χ3v) is 5.14. The van der Waals surface area contributed by atoms with Gasteiger partial charge in [-0.3, -0.25) is 14.4 Å². The van der Waals surface area contributed by atoms with Crippen LogP contribution in [-0.2, 0) is 25.6 Å². The molecule has 3 amide bonds. The molecule has 4 atom stereocenters. The van der Waals surface area contributed by atoms with Gasteiger partial charge in [0.15, 0.2) is 0 Å². The lowest BCUT2D eigenvalue weighted by Crippen LogP contribution is -2.55. The smallest absolute Gasteiger partial charge is 0.326 e. The van der Waals surface area contributed by atoms with Crippen molar-refractivity contribution < 1.29 is 24.3 Å². The second kappa shape index (κ2) is 10.8. The Morgan fingerprint density at radius 1 is 1.03 bits per heavy atom. The summed E-state index contributed by atoms with van der Waals surface area (Å²) in [5.74, 6) is -2.89. The van der Waals surface area contributed by atoms with Crippen LogP contribution in [0.25, 0.3) is 10.9 Å². The molecule has 7 N–H and O–H groups in total. The highest BCUT2D eigenvalue weighted by Crippen LogP contribution is 2.19. The van der Waals surface area contributed by atoms with E-state index in [0.29, 0.717) is 0 Å². The first-order valence-corrected chi connectivity index (χ1v) is 10.3. The minimum Gasteiger partial charge on any atom is -0.480 e. The van der Waals surface area contributed by atoms with Gasteiger partial charge >= 0.3 is 5.97 Å². The number of fused-ring (bicyclic) bond motifs is 1. The molecule has 0 spiro atoms. The molecule has 1 heterocycles. The second-order valence-corrected chi connectivity index (χ2v) is 7.58. The maximum absolute atomic E-state index is 12.5. The second-order valence-electron chi connectivity index (χ2n) is 7.21. The number of aromatic nitrogens is 1. The van der Waals surface area contributed by atoms with Gasteiger partial charge in [-0.15, -0.1) is 0 Å². The number of thiol groups is 1. The molecule has 10 nitrogen and oxygen atoms in total. The van der Waals surface area contributed by atoms with E-state index in [1.807, 2.05) is 24.3 Å². The fourth-order valence-corrected chi connectivity index (χ4v) is 3.06. The predicted molar refractivity (Wildman–Crippen MR) is 119 cm³/mol. The number of amides is 3. The molecule has 0 fully saturated rings. The van der Waals surface area contributed by atoms with Crippen LogP contribution in [0.15, 0.2) is 30.5 Å². The van der Waals surface area contributed by atoms with E-state index in [-0.39, 0.29) is 12.2 Å². The molecule has 1 aromatic heterocycles. The summed E-state index contributed by atoms with van der Waals surface area (Å²) in [5, 5.41) is 17.7. The van der Waals surface area contributed by atoms with Crippen molar-refractivity contribution in [2.75, 3.05) is 5.75 Å². The fourth-order valence-electron chi connectivity index (χ4n) is 2.89. The van der Waals surface area contributed by atoms with Crippen LogP contribution >= 0.6 is 12.6 Å². The molecule has 1 aromatic carbocycles. The molecule has 0 aliphatic rings. The molecule has 4 unspecified atom stereocenters. The Hall–Kier alpha value is -3.05. The number of aromatic amines is 1. The average Bonchev–Trinajstić information content (AvgIpc) is 3.15. The Kier molecular flexibility index (Phi) is 8.46. The van der Waals surface area contributed by atoms with E-state index in [1.54, 1.807) is 6.20 Å². The van der Waals surface area contributed by atoms with E-state index in [1.165, 1.54) is 13.8 Å². The van der Waals surface area contributed by atoms with Crippen LogP contribution in [0.3, 0.4) is 0 Å². The van der Waals surface area contributed by atoms with Gasteiger partial charge in [-0.2, -0.15) is 12.6 Å². The summed E-state index contributed by atoms with van der Waals surface area (Å²) in [6.07, 6.45) is 1.78. The van der Waals surface area contributed by atoms with Crippen molar-refractivity contribution in [1.82, 2.24) is 20.9 Å². The normalized spacial score (nSPS) is 14.8. The zero-order valence-electron chi connectivity index (χ0n) is 17.2. The minimum atomic E-state index is -1.20. The molecular formula is C20H27N5O5S. The van der Waals surface area contributed by atoms with E-state index in [9.17, 15) is 24.3 Å². The molecule has 31 heavy (non-hydrogen) atoms. The van der Waals surface area contributed by atoms with E-state index >= 15 is 0 Å². The Balaban J connectivity index is 1.96. The Morgan fingerprint density at radius 2 is 1.61 bits per heavy atom. The largest absolute Gasteiger partial charge is 0.480 e. The molecule has 0 aliphatic heterocycles. The van der Waals surface area contributed by atoms with Crippen LogP contribution < -0.4 is 21.7 Å². The SMILES string of the molecule is CC(NC(=O)C(N)CS)C(=O)NC(C)C(=O)NC(Cc1c[nH]c2ccccc12)C(=O)O. The molecule has 2 aromatic rings. The van der Waals surface area contributed by atoms with E-state index < -0.39 is 47.9 Å². The van der Waals surface area contributed by atoms with Crippen LogP contribution in [-0.4, -0.2) is 63.7 Å². The number of benzene rings is 1. The van der Waals surface area contributed by atoms with Gasteiger partial charge in [0.2, 0.25) is 17.7 Å². The van der Waals surface area contributed by atoms with Crippen LogP contribution in [0.4, 0.5) is 0 Å². The maximum Gasteiger partial charge on any atom is 0.326 e. The zero-order chi connectivity index (χ0) is 23.1. The summed E-state index contributed by atoms with van der Waals surface area (Å²) in [7, 11) is 0. The topological polar surface area (TPSA) is 166 Å². The lowest BCUT2D eigenvalue weighted by molar-refractivity contribution is -0.142. The van der Waals surface area contributed by atoms with E-state index in [0.717, 1.165) is 16.5 Å². The molecule has 0 radical (unpaired) electrons. The van der Waals surface area contributed by atoms with Gasteiger partial charge in [-0.05, 0) is 25.5 Å². The summed E-state index contributed by atoms with van der Waals surface area (Å²) in [6, 6.07) is 3.43. The van der Waals surface area contributed by atoms with Crippen molar-refractivity contribution in [3.05, 3.63) is 36.0 Å². The number of hydrogen-bond acceptors (Lipinski definition) is 6. The maximum atomic E-state index is 12.5. The van der Waals surface area contributed by atoms with Gasteiger partial charge in [0.05, 0.1) is 6.04 Å². The van der Waals surface area contributed by atoms with Crippen LogP contribution in [0.5, 0.6) is 0 Å². The van der Waals surface area contributed by atoms with Gasteiger partial charge in [0.25, 0.3) is 0 Å². The van der Waals surface area contributed by atoms with Crippen molar-refractivity contribution in [2.45, 2.75) is 44.4 Å². The first kappa shape index (κ1) is 24.2. The van der Waals surface area contributed by atoms with Gasteiger partial charge in [0.1, 0.15) is 18.1 Å². The first-order chi connectivity index (χ1) is 14.6. The van der Waals surface area contributed by atoms with E-state index in [2.05, 4.69) is 33.6 Å². The van der Waals surface area contributed by atoms with Crippen LogP contribution in [0.1, 0.15) is 19.4 Å². The standard InChI is InChI=1S/C20H27N5O5S/c1-10(24-19(28)14(21)9-31)17(26)23-11(2)18(27)25-16(20(29)30)7-12-8-22-15-6-4-3-5-13(12)15/h3-6,8,10-11,14,16,22,31H,7,9,21H2,1-2H3,(H,23,26)(H,24,28)(H,25,27)(H,29,30). The Bertz CT molecular complexity index is 962. The third-order valence-electron chi connectivity index (χ3n) is 4.75. The van der Waals surface area contributed by atoms with Crippen molar-refractivity contribution in [3.63, 3.8) is 0 Å². The predicted octanol–water partition coefficient (Wildman–Crippen LogP) is -0.454. The van der Waals surface area contributed by atoms with E-state index in [4.69, 9.17) is 5.73 Å². The number of carboxylic acids is 1. The lowest BCUT2D eigenvalue weighted by atomic mass is 10.0. The molecule has 11 heteroatoms. The number of nitrogens with two attached hydrogens (primary N) is 1. The number of para-hydroxylation sites is 1. The average molecular weight is 450 g/mol. The highest BCUT2D eigenvalue weighted by Gasteiger charge is 2.27. The van der Waals surface area contributed by atoms with Crippen molar-refractivity contribution >= 4 is 47.2 Å². The molecule has 0 saturated carbocycles. The number of nitrogens with one attached hydrogen (secondary N) is 4. The number of carbonyl (C=O) groups is 4. The highest BCUT2D eigenvalue weighted by atomic mass is 32.1. The minimum absolute atomic E-state index is 0.0693. The van der Waals surface area contributed by atoms with Gasteiger partial charge < -0.3 is 31.8 Å². The van der Waals surface area contributed by atoms with Gasteiger partial charge in [-0.25, -0.2) is 4.79 Å². The number of H-pyrrole nitrogens is 1. The fraction of sp³-hybridized carbons (Fsp3) is 0.400. The summed E-state index contributed by atoms with van der Waals surface area (Å²) in [6.45, 7) is 2.87. The molecule has 0 aliphatic carbocycles. The monoisotopic (exact) mass is 449 g/mol. The molecular weight excluding hydrogens is 422 g/mol. The highest BCUT2D eigenvalue weighted by molar-refractivity contribution is 7.80. The summed E-state index contributed by atoms with van der Waals surface area (Å²) in [4.78, 5) is 51.2. The van der Waals surface area contributed by atoms with Crippen molar-refractivity contribution in [3.8, 4) is 0 Å². The lowest BCUT2D eigenvalue weighted by Gasteiger charge is -2.21. The first-order valence-electron chi connectivity index (χ1n) is 9.69. The molecule has 168 valence electrons. The number of hydrogen-bond donors (Lipinski definition) is 7. The molecule has 0 saturated heterocycles. The van der Waals surface area contributed by atoms with Crippen molar-refractivity contribution in [2.24, 2.45) is 5.73 Å². The summed E-state index contributed by atoms with van der Waals surface area (Å²) >= 11 is 3.92. The van der Waals surface area contributed by atoms with Crippen LogP contribution in [0.2, 0.25) is 0 Å². The Morgan fingerprint density at radius 3 is 2.23 bits per heavy atom. The molecule has 2 rings (SSSR count). The van der Waals surface area contributed by atoms with Gasteiger partial charge in [-0.1, -0.05) is 18.2 Å².